The lowest BCUT2D eigenvalue weighted by Gasteiger charge is -2.23. The van der Waals surface area contributed by atoms with Crippen molar-refractivity contribution in [2.45, 2.75) is 32.9 Å². The van der Waals surface area contributed by atoms with E-state index in [0.29, 0.717) is 38.5 Å². The van der Waals surface area contributed by atoms with Gasteiger partial charge in [-0.2, -0.15) is 0 Å². The zero-order chi connectivity index (χ0) is 27.2. The predicted molar refractivity (Wildman–Crippen MR) is 142 cm³/mol. The van der Waals surface area contributed by atoms with Crippen LogP contribution in [0.4, 0.5) is 11.6 Å². The molecule has 0 aliphatic carbocycles. The minimum Gasteiger partial charge on any atom is -0.383 e. The maximum Gasteiger partial charge on any atom is 0.330 e. The first kappa shape index (κ1) is 26.6. The zero-order valence-electron chi connectivity index (χ0n) is 20.9. The number of aromatic amines is 2. The van der Waals surface area contributed by atoms with Gasteiger partial charge in [-0.05, 0) is 32.9 Å². The number of unbranched alkanes of at least 4 members (excludes halogenated alkanes) is 1. The van der Waals surface area contributed by atoms with E-state index in [2.05, 4.69) is 40.1 Å². The molecule has 0 aliphatic rings. The molecule has 0 aromatic carbocycles. The number of hydrogen-bond acceptors (Lipinski definition) is 12. The largest absolute Gasteiger partial charge is 0.383 e. The molecule has 4 aromatic rings. The number of hydrogen-bond donors (Lipinski definition) is 5. The Morgan fingerprint density at radius 3 is 2.03 bits per heavy atom. The molecule has 0 saturated heterocycles. The Kier molecular flexibility index (Phi) is 8.22. The fraction of sp³-hybridized carbons (Fsp3) is 0.455. The summed E-state index contributed by atoms with van der Waals surface area (Å²) >= 11 is 0. The van der Waals surface area contributed by atoms with Gasteiger partial charge in [-0.25, -0.2) is 29.5 Å². The topological polar surface area (TPSA) is 229 Å². The van der Waals surface area contributed by atoms with E-state index < -0.39 is 22.5 Å². The van der Waals surface area contributed by atoms with Gasteiger partial charge in [0.25, 0.3) is 11.1 Å². The highest BCUT2D eigenvalue weighted by Crippen LogP contribution is 2.13. The van der Waals surface area contributed by atoms with E-state index in [0.717, 1.165) is 12.8 Å². The summed E-state index contributed by atoms with van der Waals surface area (Å²) in [5, 5.41) is 3.26. The van der Waals surface area contributed by atoms with Crippen LogP contribution in [0.3, 0.4) is 0 Å². The number of nitrogens with zero attached hydrogens (tertiary/aromatic N) is 7. The highest BCUT2D eigenvalue weighted by atomic mass is 16.2. The van der Waals surface area contributed by atoms with E-state index in [1.54, 1.807) is 0 Å². The molecule has 4 rings (SSSR count). The van der Waals surface area contributed by atoms with Crippen LogP contribution >= 0.6 is 0 Å². The van der Waals surface area contributed by atoms with Gasteiger partial charge in [0.2, 0.25) is 0 Å². The number of fused-ring (bicyclic) bond motifs is 2. The number of nitrogens with one attached hydrogen (secondary N) is 3. The number of nitrogens with two attached hydrogens (primary N) is 2. The number of aromatic nitrogens is 8. The molecule has 0 unspecified atom stereocenters. The SMILES string of the molecule is CCNc1ncnc2c1c(=O)[nH]c(=O)n2CCN(CCCCN)CCn1c(=O)[nH]c(=O)c2c(N)ncnc21. The average Bonchev–Trinajstić information content (AvgIpc) is 2.88. The molecule has 0 spiro atoms. The van der Waals surface area contributed by atoms with Crippen LogP contribution in [0, 0.1) is 0 Å². The Morgan fingerprint density at radius 2 is 1.42 bits per heavy atom. The Labute approximate surface area is 214 Å². The summed E-state index contributed by atoms with van der Waals surface area (Å²) in [5.74, 6) is 0.325. The van der Waals surface area contributed by atoms with Crippen molar-refractivity contribution in [3.05, 3.63) is 54.3 Å². The summed E-state index contributed by atoms with van der Waals surface area (Å²) in [4.78, 5) is 73.0. The molecule has 0 fully saturated rings. The lowest BCUT2D eigenvalue weighted by Crippen LogP contribution is -2.39. The van der Waals surface area contributed by atoms with Crippen LogP contribution in [-0.4, -0.2) is 76.7 Å². The highest BCUT2D eigenvalue weighted by Gasteiger charge is 2.16. The van der Waals surface area contributed by atoms with Gasteiger partial charge in [0.1, 0.15) is 35.1 Å². The summed E-state index contributed by atoms with van der Waals surface area (Å²) in [6.07, 6.45) is 4.09. The van der Waals surface area contributed by atoms with Crippen molar-refractivity contribution >= 4 is 33.7 Å². The van der Waals surface area contributed by atoms with Crippen LogP contribution in [0.1, 0.15) is 19.8 Å². The minimum absolute atomic E-state index is 0.0203. The third-order valence-electron chi connectivity index (χ3n) is 6.13. The van der Waals surface area contributed by atoms with Crippen molar-refractivity contribution in [3.63, 3.8) is 0 Å². The molecule has 4 aromatic heterocycles. The molecule has 7 N–H and O–H groups in total. The molecule has 0 atom stereocenters. The van der Waals surface area contributed by atoms with Gasteiger partial charge in [-0.15, -0.1) is 0 Å². The van der Waals surface area contributed by atoms with E-state index in [1.807, 2.05) is 6.92 Å². The Hall–Kier alpha value is -4.44. The molecule has 0 saturated carbocycles. The van der Waals surface area contributed by atoms with E-state index in [9.17, 15) is 19.2 Å². The van der Waals surface area contributed by atoms with Gasteiger partial charge in [0.05, 0.1) is 0 Å². The molecule has 0 radical (unpaired) electrons. The molecule has 0 bridgehead atoms. The summed E-state index contributed by atoms with van der Waals surface area (Å²) < 4.78 is 2.73. The molecule has 4 heterocycles. The zero-order valence-corrected chi connectivity index (χ0v) is 20.9. The summed E-state index contributed by atoms with van der Waals surface area (Å²) in [6.45, 7) is 4.78. The quantitative estimate of drug-likeness (QED) is 0.127. The fourth-order valence-corrected chi connectivity index (χ4v) is 4.26. The van der Waals surface area contributed by atoms with Crippen LogP contribution in [0.5, 0.6) is 0 Å². The van der Waals surface area contributed by atoms with E-state index in [1.165, 1.54) is 21.8 Å². The molecule has 202 valence electrons. The summed E-state index contributed by atoms with van der Waals surface area (Å²) in [7, 11) is 0. The van der Waals surface area contributed by atoms with E-state index in [-0.39, 0.29) is 41.0 Å². The second kappa shape index (κ2) is 11.7. The van der Waals surface area contributed by atoms with Gasteiger partial charge in [-0.1, -0.05) is 0 Å². The molecular weight excluding hydrogens is 496 g/mol. The average molecular weight is 527 g/mol. The van der Waals surface area contributed by atoms with Crippen molar-refractivity contribution in [2.24, 2.45) is 5.73 Å². The molecule has 16 nitrogen and oxygen atoms in total. The second-order valence-corrected chi connectivity index (χ2v) is 8.57. The lowest BCUT2D eigenvalue weighted by molar-refractivity contribution is 0.247. The van der Waals surface area contributed by atoms with Gasteiger partial charge < -0.3 is 16.8 Å². The van der Waals surface area contributed by atoms with E-state index in [4.69, 9.17) is 11.5 Å². The van der Waals surface area contributed by atoms with Crippen LogP contribution in [0.2, 0.25) is 0 Å². The lowest BCUT2D eigenvalue weighted by atomic mass is 10.3. The van der Waals surface area contributed by atoms with Crippen molar-refractivity contribution < 1.29 is 0 Å². The maximum atomic E-state index is 12.7. The summed E-state index contributed by atoms with van der Waals surface area (Å²) in [6, 6.07) is 0. The number of rotatable bonds is 12. The minimum atomic E-state index is -0.651. The molecule has 0 amide bonds. The Balaban J connectivity index is 1.62. The van der Waals surface area contributed by atoms with Gasteiger partial charge in [0, 0.05) is 32.7 Å². The summed E-state index contributed by atoms with van der Waals surface area (Å²) in [5.41, 5.74) is 9.46. The second-order valence-electron chi connectivity index (χ2n) is 8.57. The van der Waals surface area contributed by atoms with E-state index >= 15 is 0 Å². The molecular formula is C22H30N12O4. The first-order valence-electron chi connectivity index (χ1n) is 12.2. The fourth-order valence-electron chi connectivity index (χ4n) is 4.26. The Bertz CT molecular complexity index is 1670. The number of nitrogen functional groups attached to an aromatic ring is 1. The first-order valence-corrected chi connectivity index (χ1v) is 12.2. The van der Waals surface area contributed by atoms with Crippen molar-refractivity contribution in [3.8, 4) is 0 Å². The van der Waals surface area contributed by atoms with Crippen LogP contribution in [-0.2, 0) is 13.1 Å². The third kappa shape index (κ3) is 5.45. The monoisotopic (exact) mass is 526 g/mol. The predicted octanol–water partition coefficient (Wildman–Crippen LogP) is -1.97. The number of H-pyrrole nitrogens is 2. The normalized spacial score (nSPS) is 11.6. The van der Waals surface area contributed by atoms with Gasteiger partial charge in [-0.3, -0.25) is 33.6 Å². The van der Waals surface area contributed by atoms with Gasteiger partial charge in [0.15, 0.2) is 11.3 Å². The highest BCUT2D eigenvalue weighted by molar-refractivity contribution is 5.85. The molecule has 38 heavy (non-hydrogen) atoms. The Morgan fingerprint density at radius 1 is 0.842 bits per heavy atom. The van der Waals surface area contributed by atoms with Crippen LogP contribution in [0.15, 0.2) is 31.8 Å². The molecule has 0 aliphatic heterocycles. The van der Waals surface area contributed by atoms with Crippen molar-refractivity contribution in [1.82, 2.24) is 43.9 Å². The smallest absolute Gasteiger partial charge is 0.330 e. The van der Waals surface area contributed by atoms with Crippen molar-refractivity contribution in [2.75, 3.05) is 43.8 Å². The number of anilines is 2. The van der Waals surface area contributed by atoms with Crippen LogP contribution < -0.4 is 39.3 Å². The first-order chi connectivity index (χ1) is 18.3. The third-order valence-corrected chi connectivity index (χ3v) is 6.13. The standard InChI is InChI=1S/C22H30N12O4/c1-2-25-16-14-18(29-12-27-16)34(22(38)31-20(14)36)10-8-32(6-4-3-5-23)7-9-33-17-13(15(24)26-11-28-17)19(35)30-21(33)37/h11-12H,2-10,23H2,1H3,(H2,24,26,28)(H,25,27,29)(H,30,35,37)(H,31,36,38). The van der Waals surface area contributed by atoms with Crippen LogP contribution in [0.25, 0.3) is 22.1 Å². The van der Waals surface area contributed by atoms with Crippen molar-refractivity contribution in [1.29, 1.82) is 0 Å². The molecule has 16 heteroatoms. The van der Waals surface area contributed by atoms with Gasteiger partial charge >= 0.3 is 11.4 Å². The maximum absolute atomic E-state index is 12.7.